The summed E-state index contributed by atoms with van der Waals surface area (Å²) in [6.07, 6.45) is 0. The zero-order valence-electron chi connectivity index (χ0n) is 10.5. The molecule has 0 bridgehead atoms. The first-order chi connectivity index (χ1) is 9.90. The van der Waals surface area contributed by atoms with E-state index < -0.39 is 11.8 Å². The fourth-order valence-electron chi connectivity index (χ4n) is 1.62. The molecule has 0 amide bonds. The maximum Gasteiger partial charge on any atom is 0.338 e. The molecule has 2 aromatic rings. The van der Waals surface area contributed by atoms with Gasteiger partial charge in [0, 0.05) is 5.56 Å². The maximum atomic E-state index is 13.6. The van der Waals surface area contributed by atoms with Crippen LogP contribution in [0.2, 0.25) is 15.1 Å². The molecule has 0 aliphatic carbocycles. The lowest BCUT2D eigenvalue weighted by Crippen LogP contribution is -2.07. The van der Waals surface area contributed by atoms with Crippen LogP contribution in [0.1, 0.15) is 15.9 Å². The smallest absolute Gasteiger partial charge is 0.338 e. The molecule has 0 unspecified atom stereocenters. The van der Waals surface area contributed by atoms with E-state index in [9.17, 15) is 9.18 Å². The maximum absolute atomic E-state index is 13.6. The summed E-state index contributed by atoms with van der Waals surface area (Å²) in [5, 5.41) is 0.467. The second-order valence-corrected chi connectivity index (χ2v) is 5.33. The van der Waals surface area contributed by atoms with Gasteiger partial charge in [0.1, 0.15) is 12.4 Å². The molecule has 0 radical (unpaired) electrons. The van der Waals surface area contributed by atoms with Gasteiger partial charge in [0.15, 0.2) is 0 Å². The Balaban J connectivity index is 2.16. The molecule has 110 valence electrons. The highest BCUT2D eigenvalue weighted by atomic mass is 35.5. The van der Waals surface area contributed by atoms with Crippen molar-refractivity contribution in [2.75, 3.05) is 5.73 Å². The van der Waals surface area contributed by atoms with Gasteiger partial charge < -0.3 is 10.5 Å². The van der Waals surface area contributed by atoms with Gasteiger partial charge in [-0.25, -0.2) is 9.18 Å². The van der Waals surface area contributed by atoms with Crippen LogP contribution in [0.25, 0.3) is 0 Å². The van der Waals surface area contributed by atoms with Crippen LogP contribution in [0.5, 0.6) is 0 Å². The molecule has 0 heterocycles. The van der Waals surface area contributed by atoms with E-state index in [1.165, 1.54) is 30.3 Å². The molecule has 0 aromatic heterocycles. The Hall–Kier alpha value is -1.49. The van der Waals surface area contributed by atoms with Crippen LogP contribution in [-0.2, 0) is 11.3 Å². The number of carbonyl (C=O) groups is 1. The first-order valence-electron chi connectivity index (χ1n) is 5.74. The van der Waals surface area contributed by atoms with Crippen molar-refractivity contribution in [2.45, 2.75) is 6.61 Å². The average molecular weight is 349 g/mol. The van der Waals surface area contributed by atoms with Crippen molar-refractivity contribution >= 4 is 46.5 Å². The molecule has 2 aromatic carbocycles. The second-order valence-electron chi connectivity index (χ2n) is 4.14. The molecule has 21 heavy (non-hydrogen) atoms. The summed E-state index contributed by atoms with van der Waals surface area (Å²) in [6.45, 7) is -0.301. The molecule has 2 rings (SSSR count). The van der Waals surface area contributed by atoms with Crippen molar-refractivity contribution in [1.82, 2.24) is 0 Å². The Bertz CT molecular complexity index is 663. The highest BCUT2D eigenvalue weighted by Crippen LogP contribution is 2.30. The van der Waals surface area contributed by atoms with Crippen molar-refractivity contribution < 1.29 is 13.9 Å². The van der Waals surface area contributed by atoms with Gasteiger partial charge in [-0.15, -0.1) is 0 Å². The number of carbonyl (C=O) groups excluding carboxylic acids is 1. The normalized spacial score (nSPS) is 10.5. The molecule has 0 fully saturated rings. The van der Waals surface area contributed by atoms with Gasteiger partial charge in [-0.05, 0) is 24.3 Å². The lowest BCUT2D eigenvalue weighted by atomic mass is 10.2. The molecule has 0 aliphatic heterocycles. The number of ether oxygens (including phenoxy) is 1. The fourth-order valence-corrected chi connectivity index (χ4v) is 2.17. The van der Waals surface area contributed by atoms with Crippen LogP contribution in [-0.4, -0.2) is 5.97 Å². The standard InChI is InChI=1S/C14H9Cl3FNO2/c15-9-2-1-3-11(18)8(9)6-21-14(20)7-4-10(16)13(17)12(19)5-7/h1-5H,6,19H2. The minimum Gasteiger partial charge on any atom is -0.457 e. The number of hydrogen-bond acceptors (Lipinski definition) is 3. The van der Waals surface area contributed by atoms with Gasteiger partial charge in [0.2, 0.25) is 0 Å². The van der Waals surface area contributed by atoms with Crippen molar-refractivity contribution in [3.05, 3.63) is 62.3 Å². The molecule has 0 spiro atoms. The van der Waals surface area contributed by atoms with Crippen LogP contribution in [0, 0.1) is 5.82 Å². The van der Waals surface area contributed by atoms with Crippen LogP contribution in [0.15, 0.2) is 30.3 Å². The summed E-state index contributed by atoms with van der Waals surface area (Å²) >= 11 is 17.5. The SMILES string of the molecule is Nc1cc(C(=O)OCc2c(F)cccc2Cl)cc(Cl)c1Cl. The Morgan fingerprint density at radius 2 is 1.90 bits per heavy atom. The zero-order chi connectivity index (χ0) is 15.6. The molecular weight excluding hydrogens is 340 g/mol. The molecular formula is C14H9Cl3FNO2. The number of rotatable bonds is 3. The molecule has 0 atom stereocenters. The van der Waals surface area contributed by atoms with Crippen molar-refractivity contribution in [3.8, 4) is 0 Å². The van der Waals surface area contributed by atoms with Crippen LogP contribution >= 0.6 is 34.8 Å². The van der Waals surface area contributed by atoms with Gasteiger partial charge >= 0.3 is 5.97 Å². The van der Waals surface area contributed by atoms with E-state index in [1.807, 2.05) is 0 Å². The number of halogens is 4. The third-order valence-electron chi connectivity index (χ3n) is 2.70. The topological polar surface area (TPSA) is 52.3 Å². The summed E-state index contributed by atoms with van der Waals surface area (Å²) in [5.74, 6) is -1.26. The Morgan fingerprint density at radius 1 is 1.19 bits per heavy atom. The largest absolute Gasteiger partial charge is 0.457 e. The average Bonchev–Trinajstić information content (AvgIpc) is 2.43. The van der Waals surface area contributed by atoms with Crippen molar-refractivity contribution in [2.24, 2.45) is 0 Å². The van der Waals surface area contributed by atoms with Crippen LogP contribution in [0.4, 0.5) is 10.1 Å². The van der Waals surface area contributed by atoms with E-state index in [0.717, 1.165) is 0 Å². The quantitative estimate of drug-likeness (QED) is 0.644. The molecule has 7 heteroatoms. The molecule has 0 saturated carbocycles. The summed E-state index contributed by atoms with van der Waals surface area (Å²) in [7, 11) is 0. The Labute approximate surface area is 135 Å². The van der Waals surface area contributed by atoms with Gasteiger partial charge in [0.25, 0.3) is 0 Å². The highest BCUT2D eigenvalue weighted by Gasteiger charge is 2.14. The zero-order valence-corrected chi connectivity index (χ0v) is 12.8. The predicted molar refractivity (Wildman–Crippen MR) is 81.4 cm³/mol. The molecule has 3 nitrogen and oxygen atoms in total. The third-order valence-corrected chi connectivity index (χ3v) is 3.87. The van der Waals surface area contributed by atoms with Crippen molar-refractivity contribution in [1.29, 1.82) is 0 Å². The van der Waals surface area contributed by atoms with Gasteiger partial charge in [-0.3, -0.25) is 0 Å². The number of nitrogen functional groups attached to an aromatic ring is 1. The first-order valence-corrected chi connectivity index (χ1v) is 6.88. The van der Waals surface area contributed by atoms with E-state index in [2.05, 4.69) is 0 Å². The first kappa shape index (κ1) is 15.9. The second kappa shape index (κ2) is 6.52. The van der Waals surface area contributed by atoms with Crippen molar-refractivity contribution in [3.63, 3.8) is 0 Å². The molecule has 2 N–H and O–H groups in total. The summed E-state index contributed by atoms with van der Waals surface area (Å²) in [5.41, 5.74) is 5.98. The van der Waals surface area contributed by atoms with E-state index in [1.54, 1.807) is 0 Å². The van der Waals surface area contributed by atoms with E-state index in [4.69, 9.17) is 45.3 Å². The summed E-state index contributed by atoms with van der Waals surface area (Å²) < 4.78 is 18.6. The van der Waals surface area contributed by atoms with E-state index >= 15 is 0 Å². The highest BCUT2D eigenvalue weighted by molar-refractivity contribution is 6.43. The number of esters is 1. The monoisotopic (exact) mass is 347 g/mol. The summed E-state index contributed by atoms with van der Waals surface area (Å²) in [6, 6.07) is 6.85. The molecule has 0 saturated heterocycles. The molecule has 0 aliphatic rings. The van der Waals surface area contributed by atoms with Gasteiger partial charge in [-0.1, -0.05) is 40.9 Å². The van der Waals surface area contributed by atoms with E-state index in [-0.39, 0.29) is 38.5 Å². The lowest BCUT2D eigenvalue weighted by molar-refractivity contribution is 0.0469. The lowest BCUT2D eigenvalue weighted by Gasteiger charge is -2.09. The number of nitrogens with two attached hydrogens (primary N) is 1. The number of benzene rings is 2. The number of hydrogen-bond donors (Lipinski definition) is 1. The fraction of sp³-hybridized carbons (Fsp3) is 0.0714. The Kier molecular flexibility index (Phi) is 4.93. The minimum atomic E-state index is -0.709. The van der Waals surface area contributed by atoms with Crippen LogP contribution in [0.3, 0.4) is 0 Å². The van der Waals surface area contributed by atoms with Crippen LogP contribution < -0.4 is 5.73 Å². The summed E-state index contributed by atoms with van der Waals surface area (Å²) in [4.78, 5) is 11.9. The third kappa shape index (κ3) is 3.59. The van der Waals surface area contributed by atoms with Gasteiger partial charge in [0.05, 0.1) is 26.3 Å². The minimum absolute atomic E-state index is 0.0977. The predicted octanol–water partition coefficient (Wildman–Crippen LogP) is 4.73. The van der Waals surface area contributed by atoms with Gasteiger partial charge in [-0.2, -0.15) is 0 Å². The number of anilines is 1. The Morgan fingerprint density at radius 3 is 2.52 bits per heavy atom. The van der Waals surface area contributed by atoms with E-state index in [0.29, 0.717) is 0 Å².